The fourth-order valence-corrected chi connectivity index (χ4v) is 4.17. The highest BCUT2D eigenvalue weighted by Gasteiger charge is 2.40. The number of carbonyl (C=O) groups is 1. The van der Waals surface area contributed by atoms with Crippen molar-refractivity contribution in [3.05, 3.63) is 42.1 Å². The smallest absolute Gasteiger partial charge is 0.306 e. The van der Waals surface area contributed by atoms with Gasteiger partial charge in [-0.2, -0.15) is 0 Å². The Hall–Kier alpha value is -2.10. The summed E-state index contributed by atoms with van der Waals surface area (Å²) in [5.74, 6) is 2.75. The highest BCUT2D eigenvalue weighted by Crippen LogP contribution is 2.49. The molecule has 0 aliphatic heterocycles. The largest absolute Gasteiger partial charge is 0.459 e. The number of ether oxygens (including phenoxy) is 1. The molecule has 2 fully saturated rings. The van der Waals surface area contributed by atoms with Gasteiger partial charge in [0.15, 0.2) is 5.76 Å². The molecule has 1 heterocycles. The van der Waals surface area contributed by atoms with Gasteiger partial charge in [0.25, 0.3) is 0 Å². The summed E-state index contributed by atoms with van der Waals surface area (Å²) in [5.41, 5.74) is 1.63. The van der Waals surface area contributed by atoms with Crippen LogP contribution in [0.1, 0.15) is 37.8 Å². The summed E-state index contributed by atoms with van der Waals surface area (Å²) in [6.45, 7) is 0.190. The van der Waals surface area contributed by atoms with Crippen molar-refractivity contribution in [1.29, 1.82) is 0 Å². The van der Waals surface area contributed by atoms with E-state index in [2.05, 4.69) is 5.16 Å². The number of aromatic nitrogens is 1. The van der Waals surface area contributed by atoms with E-state index >= 15 is 0 Å². The molecule has 2 aromatic rings. The van der Waals surface area contributed by atoms with Crippen LogP contribution in [0.4, 0.5) is 0 Å². The fraction of sp³-hybridized carbons (Fsp3) is 0.474. The second kappa shape index (κ2) is 6.19. The lowest BCUT2D eigenvalue weighted by Gasteiger charge is -2.20. The summed E-state index contributed by atoms with van der Waals surface area (Å²) in [7, 11) is 0. The first-order valence-electron chi connectivity index (χ1n) is 8.44. The zero-order valence-corrected chi connectivity index (χ0v) is 13.1. The average Bonchev–Trinajstić information content (AvgIpc) is 3.30. The standard InChI is InChI=1S/C19H21NO3/c21-19(10-16-9-13-6-7-15(16)8-13)22-12-17-11-18(23-20-17)14-4-2-1-3-5-14/h1-5,11,13,15-16H,6-10,12H2/t13-,15-,16+/m1/s1. The summed E-state index contributed by atoms with van der Waals surface area (Å²) in [6, 6.07) is 11.6. The Balaban J connectivity index is 1.29. The molecule has 0 amide bonds. The van der Waals surface area contributed by atoms with Gasteiger partial charge in [0.05, 0.1) is 0 Å². The maximum absolute atomic E-state index is 12.0. The Morgan fingerprint density at radius 1 is 1.22 bits per heavy atom. The minimum atomic E-state index is -0.105. The molecule has 4 nitrogen and oxygen atoms in total. The first kappa shape index (κ1) is 14.5. The van der Waals surface area contributed by atoms with E-state index in [4.69, 9.17) is 9.26 Å². The van der Waals surface area contributed by atoms with Crippen molar-refractivity contribution in [2.24, 2.45) is 17.8 Å². The van der Waals surface area contributed by atoms with Crippen LogP contribution in [-0.4, -0.2) is 11.1 Å². The van der Waals surface area contributed by atoms with E-state index in [1.165, 1.54) is 25.7 Å². The molecule has 23 heavy (non-hydrogen) atoms. The molecule has 2 aliphatic carbocycles. The van der Waals surface area contributed by atoms with Crippen molar-refractivity contribution in [1.82, 2.24) is 5.16 Å². The predicted octanol–water partition coefficient (Wildman–Crippen LogP) is 4.21. The topological polar surface area (TPSA) is 52.3 Å². The van der Waals surface area contributed by atoms with Gasteiger partial charge in [-0.1, -0.05) is 41.9 Å². The molecule has 1 aromatic carbocycles. The summed E-state index contributed by atoms with van der Waals surface area (Å²) in [6.07, 6.45) is 5.75. The van der Waals surface area contributed by atoms with Crippen LogP contribution in [0, 0.1) is 17.8 Å². The SMILES string of the molecule is O=C(C[C@@H]1C[C@@H]2CC[C@@H]1C2)OCc1cc(-c2ccccc2)on1. The van der Waals surface area contributed by atoms with Crippen LogP contribution in [0.2, 0.25) is 0 Å². The van der Waals surface area contributed by atoms with E-state index in [1.54, 1.807) is 0 Å². The van der Waals surface area contributed by atoms with Gasteiger partial charge < -0.3 is 9.26 Å². The van der Waals surface area contributed by atoms with Gasteiger partial charge in [-0.15, -0.1) is 0 Å². The van der Waals surface area contributed by atoms with Gasteiger partial charge in [0.1, 0.15) is 12.3 Å². The van der Waals surface area contributed by atoms with Gasteiger partial charge >= 0.3 is 5.97 Å². The minimum absolute atomic E-state index is 0.105. The van der Waals surface area contributed by atoms with Gasteiger partial charge in [-0.25, -0.2) is 0 Å². The van der Waals surface area contributed by atoms with Gasteiger partial charge in [-0.3, -0.25) is 4.79 Å². The first-order valence-corrected chi connectivity index (χ1v) is 8.44. The molecule has 0 N–H and O–H groups in total. The summed E-state index contributed by atoms with van der Waals surface area (Å²) in [4.78, 5) is 12.0. The van der Waals surface area contributed by atoms with Gasteiger partial charge in [0.2, 0.25) is 0 Å². The number of benzene rings is 1. The monoisotopic (exact) mass is 311 g/mol. The lowest BCUT2D eigenvalue weighted by atomic mass is 9.86. The normalized spacial score (nSPS) is 25.7. The van der Waals surface area contributed by atoms with Crippen LogP contribution in [0.3, 0.4) is 0 Å². The second-order valence-electron chi connectivity index (χ2n) is 6.85. The molecule has 2 saturated carbocycles. The van der Waals surface area contributed by atoms with Crippen LogP contribution < -0.4 is 0 Å². The van der Waals surface area contributed by atoms with Gasteiger partial charge in [-0.05, 0) is 37.0 Å². The molecule has 2 bridgehead atoms. The minimum Gasteiger partial charge on any atom is -0.459 e. The fourth-order valence-electron chi connectivity index (χ4n) is 4.17. The lowest BCUT2D eigenvalue weighted by Crippen LogP contribution is -2.16. The summed E-state index contributed by atoms with van der Waals surface area (Å²) in [5, 5.41) is 3.98. The molecule has 3 atom stereocenters. The first-order chi connectivity index (χ1) is 11.3. The Kier molecular flexibility index (Phi) is 3.90. The summed E-state index contributed by atoms with van der Waals surface area (Å²) >= 11 is 0. The third kappa shape index (κ3) is 3.16. The molecule has 2 aliphatic rings. The molecular weight excluding hydrogens is 290 g/mol. The van der Waals surface area contributed by atoms with Crippen LogP contribution in [0.25, 0.3) is 11.3 Å². The van der Waals surface area contributed by atoms with Crippen LogP contribution in [-0.2, 0) is 16.1 Å². The Bertz CT molecular complexity index is 679. The molecule has 0 radical (unpaired) electrons. The summed E-state index contributed by atoms with van der Waals surface area (Å²) < 4.78 is 10.7. The van der Waals surface area contributed by atoms with E-state index in [1.807, 2.05) is 36.4 Å². The van der Waals surface area contributed by atoms with E-state index < -0.39 is 0 Å². The zero-order valence-electron chi connectivity index (χ0n) is 13.1. The highest BCUT2D eigenvalue weighted by atomic mass is 16.5. The van der Waals surface area contributed by atoms with E-state index in [-0.39, 0.29) is 12.6 Å². The van der Waals surface area contributed by atoms with Crippen LogP contribution in [0.5, 0.6) is 0 Å². The van der Waals surface area contributed by atoms with Crippen molar-refractivity contribution in [3.63, 3.8) is 0 Å². The Morgan fingerprint density at radius 3 is 2.83 bits per heavy atom. The number of esters is 1. The van der Waals surface area contributed by atoms with Crippen molar-refractivity contribution in [3.8, 4) is 11.3 Å². The third-order valence-electron chi connectivity index (χ3n) is 5.31. The van der Waals surface area contributed by atoms with Crippen molar-refractivity contribution >= 4 is 5.97 Å². The number of hydrogen-bond acceptors (Lipinski definition) is 4. The van der Waals surface area contributed by atoms with Gasteiger partial charge in [0, 0.05) is 18.1 Å². The predicted molar refractivity (Wildman–Crippen MR) is 85.3 cm³/mol. The molecule has 4 heteroatoms. The Morgan fingerprint density at radius 2 is 2.09 bits per heavy atom. The van der Waals surface area contributed by atoms with Crippen LogP contribution in [0.15, 0.2) is 40.9 Å². The maximum atomic E-state index is 12.0. The van der Waals surface area contributed by atoms with E-state index in [0.717, 1.165) is 17.4 Å². The zero-order chi connectivity index (χ0) is 15.6. The molecule has 0 saturated heterocycles. The van der Waals surface area contributed by atoms with Crippen molar-refractivity contribution < 1.29 is 14.1 Å². The number of hydrogen-bond donors (Lipinski definition) is 0. The Labute approximate surface area is 135 Å². The molecular formula is C19H21NO3. The lowest BCUT2D eigenvalue weighted by molar-refractivity contribution is -0.146. The molecule has 0 spiro atoms. The third-order valence-corrected chi connectivity index (χ3v) is 5.31. The van der Waals surface area contributed by atoms with E-state index in [0.29, 0.717) is 23.8 Å². The van der Waals surface area contributed by atoms with Crippen molar-refractivity contribution in [2.75, 3.05) is 0 Å². The number of nitrogens with zero attached hydrogens (tertiary/aromatic N) is 1. The average molecular weight is 311 g/mol. The molecule has 4 rings (SSSR count). The number of carbonyl (C=O) groups excluding carboxylic acids is 1. The second-order valence-corrected chi connectivity index (χ2v) is 6.85. The van der Waals surface area contributed by atoms with Crippen molar-refractivity contribution in [2.45, 2.75) is 38.7 Å². The van der Waals surface area contributed by atoms with Crippen LogP contribution >= 0.6 is 0 Å². The highest BCUT2D eigenvalue weighted by molar-refractivity contribution is 5.69. The van der Waals surface area contributed by atoms with E-state index in [9.17, 15) is 4.79 Å². The number of rotatable bonds is 5. The molecule has 120 valence electrons. The maximum Gasteiger partial charge on any atom is 0.306 e. The molecule has 1 aromatic heterocycles. The quantitative estimate of drug-likeness (QED) is 0.776. The number of fused-ring (bicyclic) bond motifs is 2. The molecule has 0 unspecified atom stereocenters.